The number of benzene rings is 1. The van der Waals surface area contributed by atoms with E-state index < -0.39 is 0 Å². The molecule has 2 aromatic rings. The van der Waals surface area contributed by atoms with Gasteiger partial charge in [-0.05, 0) is 80.5 Å². The molecule has 8 heteroatoms. The first-order chi connectivity index (χ1) is 14.0. The maximum atomic E-state index is 13.1. The number of Topliss-reactive ketones (excluding diaryl/α,β-unsaturated/α-hetero) is 1. The SMILES string of the molecule is O=C(CSc1nnc(NC(=O)C23CC4CC(CC(C4)C2)C3)s1)c1ccc(F)cc1. The number of hydrogen-bond acceptors (Lipinski definition) is 6. The summed E-state index contributed by atoms with van der Waals surface area (Å²) in [5.74, 6) is 1.98. The maximum Gasteiger partial charge on any atom is 0.232 e. The molecule has 0 atom stereocenters. The van der Waals surface area contributed by atoms with E-state index in [1.807, 2.05) is 0 Å². The minimum Gasteiger partial charge on any atom is -0.300 e. The van der Waals surface area contributed by atoms with E-state index >= 15 is 0 Å². The highest BCUT2D eigenvalue weighted by molar-refractivity contribution is 8.01. The first-order valence-corrected chi connectivity index (χ1v) is 11.9. The number of nitrogens with one attached hydrogen (secondary N) is 1. The van der Waals surface area contributed by atoms with Gasteiger partial charge in [-0.1, -0.05) is 23.1 Å². The lowest BCUT2D eigenvalue weighted by molar-refractivity contribution is -0.140. The molecule has 0 aliphatic heterocycles. The van der Waals surface area contributed by atoms with Crippen molar-refractivity contribution >= 4 is 39.9 Å². The highest BCUT2D eigenvalue weighted by Gasteiger charge is 2.54. The third-order valence-electron chi connectivity index (χ3n) is 6.64. The van der Waals surface area contributed by atoms with Gasteiger partial charge in [-0.2, -0.15) is 0 Å². The van der Waals surface area contributed by atoms with E-state index in [4.69, 9.17) is 0 Å². The summed E-state index contributed by atoms with van der Waals surface area (Å²) in [7, 11) is 0. The van der Waals surface area contributed by atoms with Crippen molar-refractivity contribution in [1.29, 1.82) is 0 Å². The Kier molecular flexibility index (Phi) is 4.94. The quantitative estimate of drug-likeness (QED) is 0.404. The molecule has 4 aliphatic carbocycles. The Morgan fingerprint density at radius 2 is 1.69 bits per heavy atom. The summed E-state index contributed by atoms with van der Waals surface area (Å²) in [5.41, 5.74) is 0.255. The van der Waals surface area contributed by atoms with Gasteiger partial charge in [-0.3, -0.25) is 9.59 Å². The summed E-state index contributed by atoms with van der Waals surface area (Å²) in [6.07, 6.45) is 6.93. The Morgan fingerprint density at radius 3 is 2.31 bits per heavy atom. The smallest absolute Gasteiger partial charge is 0.232 e. The van der Waals surface area contributed by atoms with Crippen LogP contribution in [0.2, 0.25) is 0 Å². The van der Waals surface area contributed by atoms with Crippen LogP contribution in [0.1, 0.15) is 48.9 Å². The van der Waals surface area contributed by atoms with E-state index in [1.165, 1.54) is 66.6 Å². The van der Waals surface area contributed by atoms with Crippen LogP contribution in [-0.2, 0) is 4.79 Å². The first-order valence-electron chi connectivity index (χ1n) is 10.1. The Labute approximate surface area is 176 Å². The fourth-order valence-corrected chi connectivity index (χ4v) is 7.42. The topological polar surface area (TPSA) is 72.0 Å². The molecule has 0 saturated heterocycles. The summed E-state index contributed by atoms with van der Waals surface area (Å²) in [4.78, 5) is 25.3. The standard InChI is InChI=1S/C21H22FN3O2S2/c22-16-3-1-15(2-4-16)17(26)11-28-20-25-24-19(29-20)23-18(27)21-8-12-5-13(9-21)7-14(6-12)10-21/h1-4,12-14H,5-11H2,(H,23,24,27). The van der Waals surface area contributed by atoms with Gasteiger partial charge in [0.05, 0.1) is 11.2 Å². The van der Waals surface area contributed by atoms with Crippen molar-refractivity contribution in [2.75, 3.05) is 11.1 Å². The van der Waals surface area contributed by atoms with Gasteiger partial charge in [0.1, 0.15) is 5.82 Å². The maximum absolute atomic E-state index is 13.1. The number of aromatic nitrogens is 2. The lowest BCUT2D eigenvalue weighted by Gasteiger charge is -2.55. The van der Waals surface area contributed by atoms with Crippen molar-refractivity contribution < 1.29 is 14.0 Å². The molecule has 0 spiro atoms. The van der Waals surface area contributed by atoms with Crippen LogP contribution in [0.25, 0.3) is 0 Å². The lowest BCUT2D eigenvalue weighted by atomic mass is 9.49. The van der Waals surface area contributed by atoms with Crippen molar-refractivity contribution in [3.05, 3.63) is 35.6 Å². The van der Waals surface area contributed by atoms with E-state index in [1.54, 1.807) is 0 Å². The molecule has 4 aliphatic rings. The number of hydrogen-bond donors (Lipinski definition) is 1. The second kappa shape index (κ2) is 7.47. The van der Waals surface area contributed by atoms with Crippen molar-refractivity contribution in [2.24, 2.45) is 23.2 Å². The van der Waals surface area contributed by atoms with Crippen LogP contribution in [0.15, 0.2) is 28.6 Å². The number of rotatable bonds is 6. The minimum absolute atomic E-state index is 0.0932. The van der Waals surface area contributed by atoms with Crippen molar-refractivity contribution in [3.63, 3.8) is 0 Å². The van der Waals surface area contributed by atoms with Crippen molar-refractivity contribution in [3.8, 4) is 0 Å². The Hall–Kier alpha value is -1.80. The third-order valence-corrected chi connectivity index (χ3v) is 8.61. The lowest BCUT2D eigenvalue weighted by Crippen LogP contribution is -2.51. The molecule has 4 fully saturated rings. The summed E-state index contributed by atoms with van der Waals surface area (Å²) in [6, 6.07) is 5.52. The molecular formula is C21H22FN3O2S2. The van der Waals surface area contributed by atoms with Crippen molar-refractivity contribution in [2.45, 2.75) is 42.9 Å². The molecule has 0 unspecified atom stereocenters. The van der Waals surface area contributed by atoms with E-state index in [9.17, 15) is 14.0 Å². The molecule has 5 nitrogen and oxygen atoms in total. The number of nitrogens with zero attached hydrogens (tertiary/aromatic N) is 2. The van der Waals surface area contributed by atoms with Crippen LogP contribution >= 0.6 is 23.1 Å². The number of halogens is 1. The number of ketones is 1. The predicted molar refractivity (Wildman–Crippen MR) is 111 cm³/mol. The van der Waals surface area contributed by atoms with Gasteiger partial charge in [0.25, 0.3) is 0 Å². The summed E-state index contributed by atoms with van der Waals surface area (Å²) in [6.45, 7) is 0. The van der Waals surface area contributed by atoms with Gasteiger partial charge in [-0.15, -0.1) is 10.2 Å². The molecule has 1 amide bonds. The molecule has 1 aromatic heterocycles. The largest absolute Gasteiger partial charge is 0.300 e. The van der Waals surface area contributed by atoms with E-state index in [-0.39, 0.29) is 28.7 Å². The third kappa shape index (κ3) is 3.84. The normalized spacial score (nSPS) is 29.8. The van der Waals surface area contributed by atoms with Crippen LogP contribution in [0, 0.1) is 29.0 Å². The number of carbonyl (C=O) groups excluding carboxylic acids is 2. The number of carbonyl (C=O) groups is 2. The average molecular weight is 432 g/mol. The molecular weight excluding hydrogens is 409 g/mol. The highest BCUT2D eigenvalue weighted by atomic mass is 32.2. The zero-order valence-corrected chi connectivity index (χ0v) is 17.5. The van der Waals surface area contributed by atoms with E-state index in [0.717, 1.165) is 19.3 Å². The Bertz CT molecular complexity index is 908. The first kappa shape index (κ1) is 19.2. The molecule has 4 saturated carbocycles. The monoisotopic (exact) mass is 431 g/mol. The van der Waals surface area contributed by atoms with Gasteiger partial charge < -0.3 is 5.32 Å². The predicted octanol–water partition coefficient (Wildman–Crippen LogP) is 4.81. The van der Waals surface area contributed by atoms with Gasteiger partial charge in [-0.25, -0.2) is 4.39 Å². The zero-order valence-electron chi connectivity index (χ0n) is 15.9. The van der Waals surface area contributed by atoms with Gasteiger partial charge in [0.2, 0.25) is 11.0 Å². The highest BCUT2D eigenvalue weighted by Crippen LogP contribution is 2.60. The molecule has 152 valence electrons. The number of amides is 1. The molecule has 1 N–H and O–H groups in total. The molecule has 29 heavy (non-hydrogen) atoms. The van der Waals surface area contributed by atoms with Crippen LogP contribution in [0.4, 0.5) is 9.52 Å². The number of anilines is 1. The van der Waals surface area contributed by atoms with Gasteiger partial charge in [0, 0.05) is 5.56 Å². The summed E-state index contributed by atoms with van der Waals surface area (Å²) < 4.78 is 13.6. The Balaban J connectivity index is 1.19. The second-order valence-electron chi connectivity index (χ2n) is 8.74. The molecule has 0 radical (unpaired) electrons. The van der Waals surface area contributed by atoms with Gasteiger partial charge in [0.15, 0.2) is 10.1 Å². The zero-order chi connectivity index (χ0) is 20.0. The molecule has 1 aromatic carbocycles. The van der Waals surface area contributed by atoms with Crippen molar-refractivity contribution in [1.82, 2.24) is 10.2 Å². The van der Waals surface area contributed by atoms with Crippen LogP contribution < -0.4 is 5.32 Å². The van der Waals surface area contributed by atoms with E-state index in [0.29, 0.717) is 32.8 Å². The fraction of sp³-hybridized carbons (Fsp3) is 0.524. The van der Waals surface area contributed by atoms with Gasteiger partial charge >= 0.3 is 0 Å². The summed E-state index contributed by atoms with van der Waals surface area (Å²) in [5, 5.41) is 11.7. The number of thioether (sulfide) groups is 1. The van der Waals surface area contributed by atoms with Crippen LogP contribution in [-0.4, -0.2) is 27.6 Å². The van der Waals surface area contributed by atoms with E-state index in [2.05, 4.69) is 15.5 Å². The fourth-order valence-electron chi connectivity index (χ4n) is 5.78. The van der Waals surface area contributed by atoms with Crippen LogP contribution in [0.5, 0.6) is 0 Å². The molecule has 6 rings (SSSR count). The molecule has 4 bridgehead atoms. The minimum atomic E-state index is -0.363. The Morgan fingerprint density at radius 1 is 1.07 bits per heavy atom. The molecule has 1 heterocycles. The summed E-state index contributed by atoms with van der Waals surface area (Å²) >= 11 is 2.59. The average Bonchev–Trinajstić information content (AvgIpc) is 3.13. The second-order valence-corrected chi connectivity index (χ2v) is 10.9. The van der Waals surface area contributed by atoms with Crippen LogP contribution in [0.3, 0.4) is 0 Å².